The van der Waals surface area contributed by atoms with E-state index in [1.807, 2.05) is 26.8 Å². The van der Waals surface area contributed by atoms with E-state index in [1.165, 1.54) is 0 Å². The fraction of sp³-hybridized carbons (Fsp3) is 0.643. The Balaban J connectivity index is 2.28. The van der Waals surface area contributed by atoms with Gasteiger partial charge in [0.15, 0.2) is 11.5 Å². The van der Waals surface area contributed by atoms with Crippen LogP contribution in [0.3, 0.4) is 0 Å². The molecule has 0 atom stereocenters. The number of ether oxygens (including phenoxy) is 2. The van der Waals surface area contributed by atoms with E-state index in [2.05, 4.69) is 11.9 Å². The molecule has 0 spiro atoms. The van der Waals surface area contributed by atoms with E-state index in [-0.39, 0.29) is 5.60 Å². The Morgan fingerprint density at radius 1 is 1.35 bits per heavy atom. The van der Waals surface area contributed by atoms with E-state index in [9.17, 15) is 0 Å². The number of hydrogen-bond donors (Lipinski definition) is 0. The number of rotatable bonds is 4. The summed E-state index contributed by atoms with van der Waals surface area (Å²) < 4.78 is 11.9. The van der Waals surface area contributed by atoms with E-state index in [4.69, 9.17) is 9.47 Å². The van der Waals surface area contributed by atoms with Gasteiger partial charge >= 0.3 is 0 Å². The fourth-order valence-electron chi connectivity index (χ4n) is 1.60. The molecule has 0 amide bonds. The zero-order chi connectivity index (χ0) is 12.5. The van der Waals surface area contributed by atoms with Crippen molar-refractivity contribution in [3.8, 4) is 11.5 Å². The first-order valence-electron chi connectivity index (χ1n) is 6.33. The van der Waals surface area contributed by atoms with Crippen LogP contribution in [-0.4, -0.2) is 16.7 Å². The fourth-order valence-corrected chi connectivity index (χ4v) is 1.60. The molecular formula is C14H21NO2. The predicted octanol–water partition coefficient (Wildman–Crippen LogP) is 3.36. The maximum absolute atomic E-state index is 6.00. The largest absolute Gasteiger partial charge is 0.486 e. The van der Waals surface area contributed by atoms with Crippen molar-refractivity contribution in [2.45, 2.75) is 58.7 Å². The molecule has 1 aliphatic carbocycles. The second-order valence-electron chi connectivity index (χ2n) is 5.47. The summed E-state index contributed by atoms with van der Waals surface area (Å²) >= 11 is 0. The van der Waals surface area contributed by atoms with Crippen LogP contribution in [-0.2, 0) is 6.42 Å². The Labute approximate surface area is 103 Å². The zero-order valence-corrected chi connectivity index (χ0v) is 11.1. The topological polar surface area (TPSA) is 31.4 Å². The van der Waals surface area contributed by atoms with Gasteiger partial charge in [-0.25, -0.2) is 0 Å². The molecule has 17 heavy (non-hydrogen) atoms. The van der Waals surface area contributed by atoms with E-state index < -0.39 is 0 Å². The van der Waals surface area contributed by atoms with Gasteiger partial charge in [0, 0.05) is 12.3 Å². The lowest BCUT2D eigenvalue weighted by Crippen LogP contribution is -2.24. The van der Waals surface area contributed by atoms with Crippen LogP contribution in [0.25, 0.3) is 0 Å². The number of aryl methyl sites for hydroxylation is 1. The molecule has 3 heteroatoms. The van der Waals surface area contributed by atoms with Gasteiger partial charge in [0.05, 0.1) is 11.8 Å². The molecule has 2 rings (SSSR count). The molecule has 1 aromatic heterocycles. The van der Waals surface area contributed by atoms with E-state index >= 15 is 0 Å². The quantitative estimate of drug-likeness (QED) is 0.802. The van der Waals surface area contributed by atoms with E-state index in [1.54, 1.807) is 6.20 Å². The second-order valence-corrected chi connectivity index (χ2v) is 5.47. The minimum atomic E-state index is -0.228. The van der Waals surface area contributed by atoms with Crippen molar-refractivity contribution in [1.82, 2.24) is 4.98 Å². The molecule has 1 heterocycles. The minimum absolute atomic E-state index is 0.228. The maximum Gasteiger partial charge on any atom is 0.183 e. The predicted molar refractivity (Wildman–Crippen MR) is 67.6 cm³/mol. The maximum atomic E-state index is 6.00. The van der Waals surface area contributed by atoms with Gasteiger partial charge in [-0.05, 0) is 40.0 Å². The Bertz CT molecular complexity index is 392. The SMILES string of the molecule is CCc1nccc(OC2CC2)c1OC(C)(C)C. The van der Waals surface area contributed by atoms with Crippen LogP contribution in [0.2, 0.25) is 0 Å². The van der Waals surface area contributed by atoms with Crippen molar-refractivity contribution in [1.29, 1.82) is 0 Å². The van der Waals surface area contributed by atoms with Crippen LogP contribution in [0, 0.1) is 0 Å². The van der Waals surface area contributed by atoms with Crippen molar-refractivity contribution < 1.29 is 9.47 Å². The monoisotopic (exact) mass is 235 g/mol. The first kappa shape index (κ1) is 12.2. The van der Waals surface area contributed by atoms with Gasteiger partial charge < -0.3 is 9.47 Å². The lowest BCUT2D eigenvalue weighted by molar-refractivity contribution is 0.120. The van der Waals surface area contributed by atoms with Gasteiger partial charge in [0.1, 0.15) is 5.60 Å². The van der Waals surface area contributed by atoms with E-state index in [0.717, 1.165) is 36.5 Å². The van der Waals surface area contributed by atoms with Crippen LogP contribution in [0.1, 0.15) is 46.2 Å². The molecule has 1 aliphatic rings. The van der Waals surface area contributed by atoms with Gasteiger partial charge in [-0.15, -0.1) is 0 Å². The Kier molecular flexibility index (Phi) is 3.27. The third-order valence-electron chi connectivity index (χ3n) is 2.50. The molecule has 1 saturated carbocycles. The number of pyridine rings is 1. The Morgan fingerprint density at radius 2 is 2.06 bits per heavy atom. The third kappa shape index (κ3) is 3.35. The molecule has 0 aliphatic heterocycles. The molecule has 0 N–H and O–H groups in total. The summed E-state index contributed by atoms with van der Waals surface area (Å²) in [6.45, 7) is 8.21. The van der Waals surface area contributed by atoms with Crippen molar-refractivity contribution in [3.05, 3.63) is 18.0 Å². The highest BCUT2D eigenvalue weighted by Gasteiger charge is 2.27. The third-order valence-corrected chi connectivity index (χ3v) is 2.50. The highest BCUT2D eigenvalue weighted by molar-refractivity contribution is 5.43. The summed E-state index contributed by atoms with van der Waals surface area (Å²) in [7, 11) is 0. The van der Waals surface area contributed by atoms with Crippen molar-refractivity contribution >= 4 is 0 Å². The van der Waals surface area contributed by atoms with Crippen LogP contribution >= 0.6 is 0 Å². The summed E-state index contributed by atoms with van der Waals surface area (Å²) in [5.74, 6) is 1.66. The van der Waals surface area contributed by atoms with Crippen molar-refractivity contribution in [2.75, 3.05) is 0 Å². The average molecular weight is 235 g/mol. The summed E-state index contributed by atoms with van der Waals surface area (Å²) in [4.78, 5) is 4.36. The van der Waals surface area contributed by atoms with Gasteiger partial charge in [-0.1, -0.05) is 6.92 Å². The molecule has 0 bridgehead atoms. The standard InChI is InChI=1S/C14H21NO2/c1-5-11-13(17-14(2,3)4)12(8-9-15-11)16-10-6-7-10/h8-10H,5-7H2,1-4H3. The zero-order valence-electron chi connectivity index (χ0n) is 11.1. The van der Waals surface area contributed by atoms with Crippen LogP contribution in [0.5, 0.6) is 11.5 Å². The molecule has 0 saturated heterocycles. The normalized spacial score (nSPS) is 15.8. The van der Waals surface area contributed by atoms with Crippen LogP contribution in [0.4, 0.5) is 0 Å². The lowest BCUT2D eigenvalue weighted by Gasteiger charge is -2.24. The summed E-state index contributed by atoms with van der Waals surface area (Å²) in [5, 5.41) is 0. The molecule has 0 unspecified atom stereocenters. The number of hydrogen-bond acceptors (Lipinski definition) is 3. The van der Waals surface area contributed by atoms with Gasteiger partial charge in [-0.2, -0.15) is 0 Å². The summed E-state index contributed by atoms with van der Waals surface area (Å²) in [6, 6.07) is 1.90. The molecular weight excluding hydrogens is 214 g/mol. The van der Waals surface area contributed by atoms with Gasteiger partial charge in [0.2, 0.25) is 0 Å². The van der Waals surface area contributed by atoms with Crippen LogP contribution < -0.4 is 9.47 Å². The van der Waals surface area contributed by atoms with Gasteiger partial charge in [0.25, 0.3) is 0 Å². The highest BCUT2D eigenvalue weighted by Crippen LogP contribution is 2.37. The lowest BCUT2D eigenvalue weighted by atomic mass is 10.1. The highest BCUT2D eigenvalue weighted by atomic mass is 16.5. The second kappa shape index (κ2) is 4.55. The minimum Gasteiger partial charge on any atom is -0.486 e. The number of aromatic nitrogens is 1. The first-order valence-corrected chi connectivity index (χ1v) is 6.33. The first-order chi connectivity index (χ1) is 7.99. The van der Waals surface area contributed by atoms with Gasteiger partial charge in [-0.3, -0.25) is 4.98 Å². The molecule has 0 aromatic carbocycles. The Morgan fingerprint density at radius 3 is 2.59 bits per heavy atom. The van der Waals surface area contributed by atoms with Crippen molar-refractivity contribution in [3.63, 3.8) is 0 Å². The average Bonchev–Trinajstić information content (AvgIpc) is 3.02. The molecule has 1 fully saturated rings. The molecule has 3 nitrogen and oxygen atoms in total. The Hall–Kier alpha value is -1.25. The molecule has 1 aromatic rings. The molecule has 0 radical (unpaired) electrons. The smallest absolute Gasteiger partial charge is 0.183 e. The summed E-state index contributed by atoms with van der Waals surface area (Å²) in [5.41, 5.74) is 0.743. The van der Waals surface area contributed by atoms with Crippen molar-refractivity contribution in [2.24, 2.45) is 0 Å². The van der Waals surface area contributed by atoms with E-state index in [0.29, 0.717) is 6.10 Å². The molecule has 94 valence electrons. The summed E-state index contributed by atoms with van der Waals surface area (Å²) in [6.07, 6.45) is 5.33. The number of nitrogens with zero attached hydrogens (tertiary/aromatic N) is 1. The van der Waals surface area contributed by atoms with Crippen LogP contribution in [0.15, 0.2) is 12.3 Å².